The van der Waals surface area contributed by atoms with Crippen LogP contribution in [0.2, 0.25) is 0 Å². The molecule has 3 aromatic rings. The van der Waals surface area contributed by atoms with Crippen molar-refractivity contribution < 1.29 is 9.53 Å². The van der Waals surface area contributed by atoms with Gasteiger partial charge < -0.3 is 4.74 Å². The average Bonchev–Trinajstić information content (AvgIpc) is 3.32. The number of amides is 1. The first kappa shape index (κ1) is 22.0. The highest BCUT2D eigenvalue weighted by Crippen LogP contribution is 2.35. The molecule has 5 nitrogen and oxygen atoms in total. The lowest BCUT2D eigenvalue weighted by atomic mass is 10.1. The molecule has 1 saturated heterocycles. The third kappa shape index (κ3) is 5.36. The minimum atomic E-state index is -0.0899. The highest BCUT2D eigenvalue weighted by molar-refractivity contribution is 8.18. The fraction of sp³-hybridized carbons (Fsp3) is 0.160. The summed E-state index contributed by atoms with van der Waals surface area (Å²) in [6, 6.07) is 16.0. The van der Waals surface area contributed by atoms with Gasteiger partial charge in [-0.15, -0.1) is 17.9 Å². The second kappa shape index (κ2) is 9.97. The van der Waals surface area contributed by atoms with Crippen molar-refractivity contribution in [1.29, 1.82) is 0 Å². The van der Waals surface area contributed by atoms with Crippen LogP contribution in [0.25, 0.3) is 6.08 Å². The van der Waals surface area contributed by atoms with E-state index in [1.165, 1.54) is 28.7 Å². The molecule has 0 saturated carbocycles. The lowest BCUT2D eigenvalue weighted by molar-refractivity contribution is -0.121. The topological polar surface area (TPSA) is 54.8 Å². The lowest BCUT2D eigenvalue weighted by Gasteiger charge is -2.11. The Balaban J connectivity index is 1.52. The number of carbonyl (C=O) groups excluding carboxylic acids is 1. The quantitative estimate of drug-likeness (QED) is 0.314. The standard InChI is InChI=1S/C25H23N3O2S2/c1-4-12-28-23(29)22(32-25(28)27-24-26-18(3)16-31-24)14-20-6-5-7-21(13-20)30-15-19-10-8-17(2)9-11-19/h4-11,13-14,16H,1,12,15H2,2-3H3/b22-14-,27-25+. The highest BCUT2D eigenvalue weighted by Gasteiger charge is 2.32. The molecule has 0 unspecified atom stereocenters. The third-order valence-corrected chi connectivity index (χ3v) is 6.54. The van der Waals surface area contributed by atoms with E-state index in [0.717, 1.165) is 22.6 Å². The van der Waals surface area contributed by atoms with Crippen molar-refractivity contribution >= 4 is 45.4 Å². The largest absolute Gasteiger partial charge is 0.489 e. The molecule has 1 aliphatic heterocycles. The fourth-order valence-corrected chi connectivity index (χ4v) is 4.76. The maximum atomic E-state index is 13.0. The lowest BCUT2D eigenvalue weighted by Crippen LogP contribution is -2.29. The molecule has 7 heteroatoms. The summed E-state index contributed by atoms with van der Waals surface area (Å²) in [5.41, 5.74) is 4.14. The fourth-order valence-electron chi connectivity index (χ4n) is 3.05. The number of aryl methyl sites for hydroxylation is 2. The minimum Gasteiger partial charge on any atom is -0.489 e. The normalized spacial score (nSPS) is 16.2. The maximum absolute atomic E-state index is 13.0. The summed E-state index contributed by atoms with van der Waals surface area (Å²) in [6.07, 6.45) is 3.57. The Hall–Kier alpha value is -3.16. The summed E-state index contributed by atoms with van der Waals surface area (Å²) in [7, 11) is 0. The van der Waals surface area contributed by atoms with E-state index in [1.807, 2.05) is 42.6 Å². The molecule has 0 bridgehead atoms. The molecule has 32 heavy (non-hydrogen) atoms. The van der Waals surface area contributed by atoms with Gasteiger partial charge in [0.05, 0.1) is 10.6 Å². The summed E-state index contributed by atoms with van der Waals surface area (Å²) in [4.78, 5) is 24.2. The van der Waals surface area contributed by atoms with Gasteiger partial charge in [-0.25, -0.2) is 4.98 Å². The van der Waals surface area contributed by atoms with Crippen LogP contribution >= 0.6 is 23.1 Å². The van der Waals surface area contributed by atoms with E-state index in [2.05, 4.69) is 47.7 Å². The molecule has 4 rings (SSSR count). The molecule has 0 spiro atoms. The van der Waals surface area contributed by atoms with Crippen molar-refractivity contribution in [2.45, 2.75) is 20.5 Å². The third-order valence-electron chi connectivity index (χ3n) is 4.68. The number of nitrogens with zero attached hydrogens (tertiary/aromatic N) is 3. The van der Waals surface area contributed by atoms with Crippen LogP contribution in [0.15, 0.2) is 76.5 Å². The van der Waals surface area contributed by atoms with Gasteiger partial charge in [-0.1, -0.05) is 48.0 Å². The van der Waals surface area contributed by atoms with Gasteiger partial charge in [0.25, 0.3) is 5.91 Å². The van der Waals surface area contributed by atoms with Crippen molar-refractivity contribution in [1.82, 2.24) is 9.88 Å². The van der Waals surface area contributed by atoms with E-state index in [-0.39, 0.29) is 5.91 Å². The molecule has 2 aromatic carbocycles. The van der Waals surface area contributed by atoms with Gasteiger partial charge in [0, 0.05) is 11.9 Å². The van der Waals surface area contributed by atoms with Gasteiger partial charge in [-0.3, -0.25) is 9.69 Å². The molecule has 0 N–H and O–H groups in total. The number of thioether (sulfide) groups is 1. The number of ether oxygens (including phenoxy) is 1. The van der Waals surface area contributed by atoms with Crippen LogP contribution in [0.1, 0.15) is 22.4 Å². The Morgan fingerprint density at radius 1 is 1.19 bits per heavy atom. The highest BCUT2D eigenvalue weighted by atomic mass is 32.2. The minimum absolute atomic E-state index is 0.0899. The summed E-state index contributed by atoms with van der Waals surface area (Å²) in [6.45, 7) is 8.64. The van der Waals surface area contributed by atoms with E-state index < -0.39 is 0 Å². The van der Waals surface area contributed by atoms with Crippen molar-refractivity contribution in [3.8, 4) is 5.75 Å². The molecule has 1 fully saturated rings. The Morgan fingerprint density at radius 3 is 2.72 bits per heavy atom. The zero-order valence-electron chi connectivity index (χ0n) is 17.9. The smallest absolute Gasteiger partial charge is 0.267 e. The number of benzene rings is 2. The van der Waals surface area contributed by atoms with E-state index in [9.17, 15) is 4.79 Å². The predicted molar refractivity (Wildman–Crippen MR) is 133 cm³/mol. The monoisotopic (exact) mass is 461 g/mol. The van der Waals surface area contributed by atoms with E-state index in [4.69, 9.17) is 4.74 Å². The number of aliphatic imine (C=N–C) groups is 1. The van der Waals surface area contributed by atoms with Gasteiger partial charge in [0.15, 0.2) is 5.17 Å². The van der Waals surface area contributed by atoms with E-state index in [1.54, 1.807) is 11.0 Å². The molecule has 1 aromatic heterocycles. The van der Waals surface area contributed by atoms with Crippen LogP contribution in [0.4, 0.5) is 5.13 Å². The molecule has 2 heterocycles. The first-order valence-electron chi connectivity index (χ1n) is 10.1. The number of thiazole rings is 1. The average molecular weight is 462 g/mol. The Labute approximate surface area is 196 Å². The molecular formula is C25H23N3O2S2. The number of rotatable bonds is 7. The maximum Gasteiger partial charge on any atom is 0.267 e. The zero-order chi connectivity index (χ0) is 22.5. The molecule has 0 radical (unpaired) electrons. The van der Waals surface area contributed by atoms with Gasteiger partial charge in [-0.05, 0) is 54.9 Å². The number of amidine groups is 1. The number of aromatic nitrogens is 1. The second-order valence-electron chi connectivity index (χ2n) is 7.33. The summed E-state index contributed by atoms with van der Waals surface area (Å²) >= 11 is 2.81. The molecule has 0 atom stereocenters. The number of hydrogen-bond donors (Lipinski definition) is 0. The van der Waals surface area contributed by atoms with Crippen LogP contribution in [0, 0.1) is 13.8 Å². The number of hydrogen-bond acceptors (Lipinski definition) is 6. The Morgan fingerprint density at radius 2 is 2.00 bits per heavy atom. The second-order valence-corrected chi connectivity index (χ2v) is 9.17. The SMILES string of the molecule is C=CCN1C(=O)/C(=C/c2cccc(OCc3ccc(C)cc3)c2)S/C1=N/c1nc(C)cs1. The summed E-state index contributed by atoms with van der Waals surface area (Å²) in [5.74, 6) is 0.665. The van der Waals surface area contributed by atoms with Crippen molar-refractivity contribution in [2.24, 2.45) is 4.99 Å². The van der Waals surface area contributed by atoms with E-state index in [0.29, 0.717) is 28.4 Å². The molecular weight excluding hydrogens is 438 g/mol. The van der Waals surface area contributed by atoms with Crippen LogP contribution < -0.4 is 4.74 Å². The van der Waals surface area contributed by atoms with Crippen LogP contribution in [0.5, 0.6) is 5.75 Å². The zero-order valence-corrected chi connectivity index (χ0v) is 19.6. The first-order chi connectivity index (χ1) is 15.5. The predicted octanol–water partition coefficient (Wildman–Crippen LogP) is 6.13. The Bertz CT molecular complexity index is 1200. The van der Waals surface area contributed by atoms with Gasteiger partial charge in [0.1, 0.15) is 12.4 Å². The van der Waals surface area contributed by atoms with Gasteiger partial charge >= 0.3 is 0 Å². The molecule has 1 aliphatic rings. The number of carbonyl (C=O) groups is 1. The van der Waals surface area contributed by atoms with Gasteiger partial charge in [0.2, 0.25) is 5.13 Å². The van der Waals surface area contributed by atoms with Crippen molar-refractivity contribution in [2.75, 3.05) is 6.54 Å². The van der Waals surface area contributed by atoms with Crippen LogP contribution in [-0.2, 0) is 11.4 Å². The van der Waals surface area contributed by atoms with Gasteiger partial charge in [-0.2, -0.15) is 4.99 Å². The van der Waals surface area contributed by atoms with Crippen molar-refractivity contribution in [3.05, 3.63) is 93.9 Å². The summed E-state index contributed by atoms with van der Waals surface area (Å²) in [5, 5.41) is 3.19. The van der Waals surface area contributed by atoms with E-state index >= 15 is 0 Å². The van der Waals surface area contributed by atoms with Crippen LogP contribution in [0.3, 0.4) is 0 Å². The summed E-state index contributed by atoms with van der Waals surface area (Å²) < 4.78 is 5.95. The molecule has 162 valence electrons. The Kier molecular flexibility index (Phi) is 6.87. The first-order valence-corrected chi connectivity index (χ1v) is 11.8. The van der Waals surface area contributed by atoms with Crippen LogP contribution in [-0.4, -0.2) is 27.5 Å². The van der Waals surface area contributed by atoms with Crippen molar-refractivity contribution in [3.63, 3.8) is 0 Å². The molecule has 1 amide bonds. The molecule has 0 aliphatic carbocycles.